The molecule has 0 radical (unpaired) electrons. The van der Waals surface area contributed by atoms with Gasteiger partial charge in [0.15, 0.2) is 11.3 Å². The summed E-state index contributed by atoms with van der Waals surface area (Å²) in [5, 5.41) is 0.368. The molecule has 0 saturated carbocycles. The minimum Gasteiger partial charge on any atom is -0.496 e. The van der Waals surface area contributed by atoms with Crippen molar-refractivity contribution in [1.82, 2.24) is 4.90 Å². The highest BCUT2D eigenvalue weighted by atomic mass is 32.2. The number of methoxy groups -OCH3 is 2. The SMILES string of the molecule is COc1cc(OC)c2c(=O)cc(N3CCN(Cc4ccc(SC(F)(F)F)cc4)CC3)oc2c1. The monoisotopic (exact) mass is 480 g/mol. The van der Waals surface area contributed by atoms with E-state index >= 15 is 0 Å². The molecule has 4 rings (SSSR count). The molecule has 0 bridgehead atoms. The number of nitrogens with zero attached hydrogens (tertiary/aromatic N) is 2. The van der Waals surface area contributed by atoms with Crippen LogP contribution in [0.15, 0.2) is 56.6 Å². The number of thioether (sulfide) groups is 1. The second-order valence-corrected chi connectivity index (χ2v) is 8.75. The average molecular weight is 481 g/mol. The zero-order valence-electron chi connectivity index (χ0n) is 18.1. The Morgan fingerprint density at radius 2 is 1.70 bits per heavy atom. The van der Waals surface area contributed by atoms with Crippen LogP contribution < -0.4 is 19.8 Å². The predicted octanol–water partition coefficient (Wildman–Crippen LogP) is 4.74. The molecule has 176 valence electrons. The molecule has 6 nitrogen and oxygen atoms in total. The molecule has 0 N–H and O–H groups in total. The van der Waals surface area contributed by atoms with Crippen LogP contribution in [0, 0.1) is 0 Å². The van der Waals surface area contributed by atoms with E-state index in [9.17, 15) is 18.0 Å². The molecule has 1 aromatic heterocycles. The molecule has 1 aliphatic rings. The van der Waals surface area contributed by atoms with Gasteiger partial charge in [-0.3, -0.25) is 9.69 Å². The fourth-order valence-electron chi connectivity index (χ4n) is 3.83. The van der Waals surface area contributed by atoms with Crippen LogP contribution in [0.5, 0.6) is 11.5 Å². The lowest BCUT2D eigenvalue weighted by molar-refractivity contribution is -0.0328. The van der Waals surface area contributed by atoms with Gasteiger partial charge >= 0.3 is 5.51 Å². The van der Waals surface area contributed by atoms with E-state index in [1.165, 1.54) is 32.4 Å². The van der Waals surface area contributed by atoms with Crippen molar-refractivity contribution in [3.05, 3.63) is 58.3 Å². The summed E-state index contributed by atoms with van der Waals surface area (Å²) in [7, 11) is 3.02. The summed E-state index contributed by atoms with van der Waals surface area (Å²) >= 11 is -0.112. The summed E-state index contributed by atoms with van der Waals surface area (Å²) in [5.74, 6) is 1.41. The molecular formula is C23H23F3N2O4S. The van der Waals surface area contributed by atoms with Gasteiger partial charge in [-0.05, 0) is 29.5 Å². The molecule has 0 aliphatic carbocycles. The van der Waals surface area contributed by atoms with Crippen LogP contribution in [0.4, 0.5) is 19.1 Å². The Hall–Kier alpha value is -2.85. The Balaban J connectivity index is 1.43. The lowest BCUT2D eigenvalue weighted by Gasteiger charge is -2.35. The highest BCUT2D eigenvalue weighted by molar-refractivity contribution is 8.00. The van der Waals surface area contributed by atoms with E-state index < -0.39 is 5.51 Å². The molecule has 33 heavy (non-hydrogen) atoms. The molecular weight excluding hydrogens is 457 g/mol. The van der Waals surface area contributed by atoms with Crippen LogP contribution >= 0.6 is 11.8 Å². The minimum absolute atomic E-state index is 0.112. The van der Waals surface area contributed by atoms with Crippen molar-refractivity contribution < 1.29 is 27.1 Å². The van der Waals surface area contributed by atoms with Gasteiger partial charge in [0.25, 0.3) is 0 Å². The van der Waals surface area contributed by atoms with Crippen molar-refractivity contribution in [2.75, 3.05) is 45.3 Å². The van der Waals surface area contributed by atoms with Gasteiger partial charge < -0.3 is 18.8 Å². The van der Waals surface area contributed by atoms with Crippen LogP contribution in [0.25, 0.3) is 11.0 Å². The summed E-state index contributed by atoms with van der Waals surface area (Å²) < 4.78 is 54.1. The Bertz CT molecular complexity index is 1170. The van der Waals surface area contributed by atoms with Gasteiger partial charge in [-0.15, -0.1) is 0 Å². The predicted molar refractivity (Wildman–Crippen MR) is 121 cm³/mol. The number of anilines is 1. The number of alkyl halides is 3. The number of halogens is 3. The summed E-state index contributed by atoms with van der Waals surface area (Å²) in [5.41, 5.74) is -3.13. The second-order valence-electron chi connectivity index (χ2n) is 7.61. The first-order chi connectivity index (χ1) is 15.8. The number of hydrogen-bond donors (Lipinski definition) is 0. The number of hydrogen-bond acceptors (Lipinski definition) is 7. The van der Waals surface area contributed by atoms with Crippen molar-refractivity contribution in [3.8, 4) is 11.5 Å². The Labute approximate surface area is 192 Å². The first kappa shape index (κ1) is 23.3. The zero-order valence-corrected chi connectivity index (χ0v) is 19.0. The van der Waals surface area contributed by atoms with E-state index in [2.05, 4.69) is 4.90 Å². The van der Waals surface area contributed by atoms with Crippen LogP contribution in [-0.2, 0) is 6.54 Å². The van der Waals surface area contributed by atoms with E-state index in [1.54, 1.807) is 24.3 Å². The molecule has 2 aromatic carbocycles. The van der Waals surface area contributed by atoms with E-state index in [0.717, 1.165) is 18.7 Å². The molecule has 3 aromatic rings. The van der Waals surface area contributed by atoms with Crippen molar-refractivity contribution in [1.29, 1.82) is 0 Å². The van der Waals surface area contributed by atoms with E-state index in [4.69, 9.17) is 13.9 Å². The first-order valence-electron chi connectivity index (χ1n) is 10.3. The lowest BCUT2D eigenvalue weighted by atomic mass is 10.2. The third-order valence-corrected chi connectivity index (χ3v) is 6.20. The maximum Gasteiger partial charge on any atom is 0.446 e. The molecule has 0 unspecified atom stereocenters. The quantitative estimate of drug-likeness (QED) is 0.472. The third kappa shape index (κ3) is 5.56. The van der Waals surface area contributed by atoms with E-state index in [-0.39, 0.29) is 22.1 Å². The maximum absolute atomic E-state index is 12.8. The fourth-order valence-corrected chi connectivity index (χ4v) is 4.37. The highest BCUT2D eigenvalue weighted by Gasteiger charge is 2.29. The van der Waals surface area contributed by atoms with E-state index in [0.29, 0.717) is 48.0 Å². The highest BCUT2D eigenvalue weighted by Crippen LogP contribution is 2.37. The second kappa shape index (κ2) is 9.56. The molecule has 1 aliphatic heterocycles. The molecule has 0 atom stereocenters. The van der Waals surface area contributed by atoms with E-state index in [1.807, 2.05) is 4.90 Å². The maximum atomic E-state index is 12.8. The van der Waals surface area contributed by atoms with Gasteiger partial charge in [-0.1, -0.05) is 12.1 Å². The van der Waals surface area contributed by atoms with Crippen LogP contribution in [-0.4, -0.2) is 50.8 Å². The lowest BCUT2D eigenvalue weighted by Crippen LogP contribution is -2.46. The third-order valence-electron chi connectivity index (χ3n) is 5.46. The van der Waals surface area contributed by atoms with Crippen LogP contribution in [0.1, 0.15) is 5.56 Å². The van der Waals surface area contributed by atoms with Crippen molar-refractivity contribution >= 4 is 28.6 Å². The van der Waals surface area contributed by atoms with Gasteiger partial charge in [0.05, 0.1) is 14.2 Å². The van der Waals surface area contributed by atoms with Crippen molar-refractivity contribution in [2.24, 2.45) is 0 Å². The average Bonchev–Trinajstić information content (AvgIpc) is 2.79. The Morgan fingerprint density at radius 1 is 1.00 bits per heavy atom. The van der Waals surface area contributed by atoms with Gasteiger partial charge in [0.2, 0.25) is 0 Å². The minimum atomic E-state index is -4.29. The van der Waals surface area contributed by atoms with Crippen molar-refractivity contribution in [2.45, 2.75) is 16.9 Å². The smallest absolute Gasteiger partial charge is 0.446 e. The van der Waals surface area contributed by atoms with Gasteiger partial charge in [-0.25, -0.2) is 0 Å². The van der Waals surface area contributed by atoms with Crippen LogP contribution in [0.2, 0.25) is 0 Å². The molecule has 0 amide bonds. The number of rotatable bonds is 6. The molecule has 10 heteroatoms. The number of fused-ring (bicyclic) bond motifs is 1. The Kier molecular flexibility index (Phi) is 6.76. The standard InChI is InChI=1S/C23H23F3N2O4S/c1-30-16-11-19(31-2)22-18(29)13-21(32-20(22)12-16)28-9-7-27(8-10-28)14-15-3-5-17(6-4-15)33-23(24,25)26/h3-6,11-13H,7-10,14H2,1-2H3. The van der Waals surface area contributed by atoms with Gasteiger partial charge in [0.1, 0.15) is 22.5 Å². The molecule has 2 heterocycles. The molecule has 0 spiro atoms. The van der Waals surface area contributed by atoms with Gasteiger partial charge in [-0.2, -0.15) is 13.2 Å². The first-order valence-corrected chi connectivity index (χ1v) is 11.1. The fraction of sp³-hybridized carbons (Fsp3) is 0.348. The molecule has 1 fully saturated rings. The number of ether oxygens (including phenoxy) is 2. The Morgan fingerprint density at radius 3 is 2.30 bits per heavy atom. The van der Waals surface area contributed by atoms with Crippen LogP contribution in [0.3, 0.4) is 0 Å². The molecule has 1 saturated heterocycles. The zero-order chi connectivity index (χ0) is 23.6. The number of benzene rings is 2. The summed E-state index contributed by atoms with van der Waals surface area (Å²) in [4.78, 5) is 17.2. The normalized spacial score (nSPS) is 15.1. The topological polar surface area (TPSA) is 55.2 Å². The summed E-state index contributed by atoms with van der Waals surface area (Å²) in [6.07, 6.45) is 0. The number of piperazine rings is 1. The summed E-state index contributed by atoms with van der Waals surface area (Å²) in [6.45, 7) is 3.39. The van der Waals surface area contributed by atoms with Crippen molar-refractivity contribution in [3.63, 3.8) is 0 Å². The summed E-state index contributed by atoms with van der Waals surface area (Å²) in [6, 6.07) is 11.2. The largest absolute Gasteiger partial charge is 0.496 e. The van der Waals surface area contributed by atoms with Gasteiger partial charge in [0, 0.05) is 55.8 Å².